The third kappa shape index (κ3) is 4.95. The highest BCUT2D eigenvalue weighted by Crippen LogP contribution is 2.33. The van der Waals surface area contributed by atoms with Crippen LogP contribution in [0.15, 0.2) is 30.3 Å². The molecular formula is C19H20N2O5S. The maximum Gasteiger partial charge on any atom is 0.341 e. The van der Waals surface area contributed by atoms with E-state index in [4.69, 9.17) is 15.2 Å². The smallest absolute Gasteiger partial charge is 0.341 e. The number of methoxy groups -OCH3 is 1. The Balaban J connectivity index is 2.22. The van der Waals surface area contributed by atoms with Gasteiger partial charge in [-0.05, 0) is 43.2 Å². The van der Waals surface area contributed by atoms with E-state index in [1.165, 1.54) is 6.08 Å². The van der Waals surface area contributed by atoms with Gasteiger partial charge in [-0.25, -0.2) is 4.79 Å². The zero-order chi connectivity index (χ0) is 20.0. The molecule has 27 heavy (non-hydrogen) atoms. The van der Waals surface area contributed by atoms with Crippen molar-refractivity contribution in [3.05, 3.63) is 51.9 Å². The molecule has 1 aromatic carbocycles. The van der Waals surface area contributed by atoms with Crippen LogP contribution in [0.4, 0.5) is 5.00 Å². The molecule has 0 bridgehead atoms. The molecule has 0 aliphatic carbocycles. The van der Waals surface area contributed by atoms with Gasteiger partial charge in [0.05, 0.1) is 24.2 Å². The van der Waals surface area contributed by atoms with Crippen LogP contribution in [0.1, 0.15) is 38.1 Å². The van der Waals surface area contributed by atoms with Gasteiger partial charge in [-0.15, -0.1) is 11.3 Å². The molecule has 2 amide bonds. The lowest BCUT2D eigenvalue weighted by Crippen LogP contribution is -2.13. The van der Waals surface area contributed by atoms with Crippen LogP contribution in [-0.2, 0) is 9.53 Å². The number of benzene rings is 1. The Kier molecular flexibility index (Phi) is 6.73. The Morgan fingerprint density at radius 2 is 1.89 bits per heavy atom. The predicted octanol–water partition coefficient (Wildman–Crippen LogP) is 2.99. The molecule has 1 aromatic heterocycles. The first kappa shape index (κ1) is 20.2. The molecule has 142 valence electrons. The molecule has 2 rings (SSSR count). The number of anilines is 1. The number of hydrogen-bond donors (Lipinski definition) is 2. The standard InChI is InChI=1S/C19H20N2O5S/c1-4-26-19(24)15-11(2)16(17(20)23)27-18(15)21-14(22)10-7-12-5-8-13(25-3)9-6-12/h5-10H,4H2,1-3H3,(H2,20,23)(H,21,22)/b10-7-. The number of thiophene rings is 1. The number of carbonyl (C=O) groups excluding carboxylic acids is 3. The van der Waals surface area contributed by atoms with E-state index >= 15 is 0 Å². The second-order valence-corrected chi connectivity index (χ2v) is 6.46. The second kappa shape index (κ2) is 9.00. The fourth-order valence-electron chi connectivity index (χ4n) is 2.33. The first-order valence-electron chi connectivity index (χ1n) is 8.10. The van der Waals surface area contributed by atoms with Crippen molar-refractivity contribution in [3.63, 3.8) is 0 Å². The van der Waals surface area contributed by atoms with Gasteiger partial charge in [-0.3, -0.25) is 9.59 Å². The van der Waals surface area contributed by atoms with Crippen LogP contribution in [0, 0.1) is 6.92 Å². The van der Waals surface area contributed by atoms with Gasteiger partial charge in [-0.1, -0.05) is 12.1 Å². The Morgan fingerprint density at radius 1 is 1.22 bits per heavy atom. The lowest BCUT2D eigenvalue weighted by Gasteiger charge is -2.05. The van der Waals surface area contributed by atoms with Gasteiger partial charge in [0.15, 0.2) is 0 Å². The topological polar surface area (TPSA) is 108 Å². The predicted molar refractivity (Wildman–Crippen MR) is 104 cm³/mol. The van der Waals surface area contributed by atoms with Gasteiger partial charge in [-0.2, -0.15) is 0 Å². The first-order valence-corrected chi connectivity index (χ1v) is 8.92. The number of nitrogens with one attached hydrogen (secondary N) is 1. The van der Waals surface area contributed by atoms with Gasteiger partial charge in [0.2, 0.25) is 5.91 Å². The Hall–Kier alpha value is -3.13. The summed E-state index contributed by atoms with van der Waals surface area (Å²) in [5, 5.41) is 2.84. The summed E-state index contributed by atoms with van der Waals surface area (Å²) < 4.78 is 10.1. The SMILES string of the molecule is CCOC(=O)c1c(NC(=O)/C=C\c2ccc(OC)cc2)sc(C(N)=O)c1C. The van der Waals surface area contributed by atoms with Gasteiger partial charge in [0, 0.05) is 6.08 Å². The van der Waals surface area contributed by atoms with E-state index in [2.05, 4.69) is 5.32 Å². The normalized spacial score (nSPS) is 10.6. The average Bonchev–Trinajstić information content (AvgIpc) is 2.97. The number of esters is 1. The van der Waals surface area contributed by atoms with Crippen molar-refractivity contribution in [2.75, 3.05) is 19.0 Å². The number of carbonyl (C=O) groups is 3. The lowest BCUT2D eigenvalue weighted by molar-refractivity contribution is -0.111. The van der Waals surface area contributed by atoms with Crippen LogP contribution >= 0.6 is 11.3 Å². The number of ether oxygens (including phenoxy) is 2. The highest BCUT2D eigenvalue weighted by Gasteiger charge is 2.25. The van der Waals surface area contributed by atoms with Gasteiger partial charge in [0.25, 0.3) is 5.91 Å². The van der Waals surface area contributed by atoms with E-state index in [0.717, 1.165) is 16.9 Å². The number of hydrogen-bond acceptors (Lipinski definition) is 6. The van der Waals surface area contributed by atoms with E-state index in [0.29, 0.717) is 11.3 Å². The van der Waals surface area contributed by atoms with Crippen molar-refractivity contribution in [1.29, 1.82) is 0 Å². The third-order valence-electron chi connectivity index (χ3n) is 3.63. The van der Waals surface area contributed by atoms with E-state index < -0.39 is 17.8 Å². The molecule has 0 spiro atoms. The van der Waals surface area contributed by atoms with Crippen molar-refractivity contribution < 1.29 is 23.9 Å². The van der Waals surface area contributed by atoms with E-state index in [1.54, 1.807) is 51.3 Å². The molecule has 0 saturated heterocycles. The summed E-state index contributed by atoms with van der Waals surface area (Å²) in [5.41, 5.74) is 6.67. The maximum absolute atomic E-state index is 12.2. The van der Waals surface area contributed by atoms with Gasteiger partial charge < -0.3 is 20.5 Å². The minimum Gasteiger partial charge on any atom is -0.497 e. The summed E-state index contributed by atoms with van der Waals surface area (Å²) in [4.78, 5) is 36.2. The zero-order valence-corrected chi connectivity index (χ0v) is 16.0. The minimum absolute atomic E-state index is 0.141. The second-order valence-electron chi connectivity index (χ2n) is 5.44. The van der Waals surface area contributed by atoms with Crippen molar-refractivity contribution in [3.8, 4) is 5.75 Å². The quantitative estimate of drug-likeness (QED) is 0.560. The van der Waals surface area contributed by atoms with Crippen LogP contribution < -0.4 is 15.8 Å². The highest BCUT2D eigenvalue weighted by molar-refractivity contribution is 7.18. The Labute approximate surface area is 160 Å². The largest absolute Gasteiger partial charge is 0.497 e. The van der Waals surface area contributed by atoms with Crippen LogP contribution in [-0.4, -0.2) is 31.5 Å². The summed E-state index contributed by atoms with van der Waals surface area (Å²) >= 11 is 0.946. The fourth-order valence-corrected chi connectivity index (χ4v) is 3.38. The van der Waals surface area contributed by atoms with E-state index in [9.17, 15) is 14.4 Å². The molecule has 0 radical (unpaired) electrons. The summed E-state index contributed by atoms with van der Waals surface area (Å²) in [7, 11) is 1.57. The molecule has 8 heteroatoms. The summed E-state index contributed by atoms with van der Waals surface area (Å²) in [5.74, 6) is -1.03. The first-order chi connectivity index (χ1) is 12.9. The number of nitrogens with two attached hydrogens (primary N) is 1. The van der Waals surface area contributed by atoms with Crippen molar-refractivity contribution in [1.82, 2.24) is 0 Å². The highest BCUT2D eigenvalue weighted by atomic mass is 32.1. The van der Waals surface area contributed by atoms with E-state index in [1.807, 2.05) is 0 Å². The third-order valence-corrected chi connectivity index (χ3v) is 4.85. The molecule has 0 fully saturated rings. The number of amides is 2. The summed E-state index contributed by atoms with van der Waals surface area (Å²) in [6.07, 6.45) is 2.95. The molecule has 2 aromatic rings. The molecule has 0 saturated carbocycles. The average molecular weight is 388 g/mol. The number of rotatable bonds is 7. The summed E-state index contributed by atoms with van der Waals surface area (Å²) in [6, 6.07) is 7.15. The van der Waals surface area contributed by atoms with Crippen LogP contribution in [0.3, 0.4) is 0 Å². The molecule has 7 nitrogen and oxygen atoms in total. The van der Waals surface area contributed by atoms with Crippen molar-refractivity contribution in [2.45, 2.75) is 13.8 Å². The van der Waals surface area contributed by atoms with Crippen LogP contribution in [0.25, 0.3) is 6.08 Å². The maximum atomic E-state index is 12.2. The fraction of sp³-hybridized carbons (Fsp3) is 0.211. The molecule has 0 aliphatic heterocycles. The molecule has 3 N–H and O–H groups in total. The van der Waals surface area contributed by atoms with Gasteiger partial charge >= 0.3 is 5.97 Å². The lowest BCUT2D eigenvalue weighted by atomic mass is 10.1. The number of primary amides is 1. The van der Waals surface area contributed by atoms with Crippen molar-refractivity contribution >= 4 is 40.2 Å². The molecule has 0 aliphatic rings. The minimum atomic E-state index is -0.669. The monoisotopic (exact) mass is 388 g/mol. The van der Waals surface area contributed by atoms with Crippen LogP contribution in [0.2, 0.25) is 0 Å². The summed E-state index contributed by atoms with van der Waals surface area (Å²) in [6.45, 7) is 3.43. The van der Waals surface area contributed by atoms with Gasteiger partial charge in [0.1, 0.15) is 10.8 Å². The van der Waals surface area contributed by atoms with Crippen LogP contribution in [0.5, 0.6) is 5.75 Å². The van der Waals surface area contributed by atoms with E-state index in [-0.39, 0.29) is 22.0 Å². The zero-order valence-electron chi connectivity index (χ0n) is 15.2. The Bertz CT molecular complexity index is 884. The molecular weight excluding hydrogens is 368 g/mol. The Morgan fingerprint density at radius 3 is 2.44 bits per heavy atom. The molecule has 0 unspecified atom stereocenters. The molecule has 0 atom stereocenters. The van der Waals surface area contributed by atoms with Crippen molar-refractivity contribution in [2.24, 2.45) is 5.73 Å². The molecule has 1 heterocycles.